The second-order valence-corrected chi connectivity index (χ2v) is 8.60. The molecule has 0 amide bonds. The Morgan fingerprint density at radius 3 is 2.29 bits per heavy atom. The fraction of sp³-hybridized carbons (Fsp3) is 0.423. The highest BCUT2D eigenvalue weighted by atomic mass is 19.4. The largest absolute Gasteiger partial charge is 0.507 e. The summed E-state index contributed by atoms with van der Waals surface area (Å²) in [5.74, 6) is -2.54. The van der Waals surface area contributed by atoms with Crippen LogP contribution in [0.2, 0.25) is 0 Å². The van der Waals surface area contributed by atoms with Gasteiger partial charge in [0.1, 0.15) is 17.1 Å². The first kappa shape index (κ1) is 25.6. The minimum absolute atomic E-state index is 0.0373. The van der Waals surface area contributed by atoms with Crippen LogP contribution < -0.4 is 10.2 Å². The van der Waals surface area contributed by atoms with E-state index in [1.165, 1.54) is 18.2 Å². The minimum atomic E-state index is -4.98. The molecule has 0 atom stereocenters. The summed E-state index contributed by atoms with van der Waals surface area (Å²) in [5.41, 5.74) is -0.405. The maximum absolute atomic E-state index is 14.1. The highest BCUT2D eigenvalue weighted by Gasteiger charge is 2.41. The van der Waals surface area contributed by atoms with Gasteiger partial charge in [-0.25, -0.2) is 0 Å². The molecular formula is C26H30F3NO4. The number of phenols is 1. The third-order valence-electron chi connectivity index (χ3n) is 5.57. The third kappa shape index (κ3) is 5.38. The normalized spacial score (nSPS) is 12.1. The number of phenolic OH excluding ortho intramolecular Hbond substituents is 1. The summed E-state index contributed by atoms with van der Waals surface area (Å²) in [5, 5.41) is 10.4. The number of fused-ring (bicyclic) bond motifs is 1. The summed E-state index contributed by atoms with van der Waals surface area (Å²) in [6.07, 6.45) is -3.32. The van der Waals surface area contributed by atoms with Crippen molar-refractivity contribution in [3.63, 3.8) is 0 Å². The van der Waals surface area contributed by atoms with Crippen molar-refractivity contribution in [3.8, 4) is 17.2 Å². The molecule has 34 heavy (non-hydrogen) atoms. The Kier molecular flexibility index (Phi) is 7.92. The number of hydrogen-bond acceptors (Lipinski definition) is 5. The number of nitrogens with zero attached hydrogens (tertiary/aromatic N) is 1. The molecule has 0 saturated carbocycles. The van der Waals surface area contributed by atoms with Crippen LogP contribution in [0.3, 0.4) is 0 Å². The van der Waals surface area contributed by atoms with Crippen molar-refractivity contribution in [2.75, 3.05) is 13.1 Å². The monoisotopic (exact) mass is 477 g/mol. The number of benzene rings is 2. The van der Waals surface area contributed by atoms with E-state index in [-0.39, 0.29) is 40.5 Å². The van der Waals surface area contributed by atoms with Crippen molar-refractivity contribution in [3.05, 3.63) is 63.5 Å². The zero-order chi connectivity index (χ0) is 25.0. The van der Waals surface area contributed by atoms with E-state index in [9.17, 15) is 23.1 Å². The van der Waals surface area contributed by atoms with Crippen molar-refractivity contribution < 1.29 is 27.4 Å². The smallest absolute Gasteiger partial charge is 0.453 e. The molecule has 184 valence electrons. The van der Waals surface area contributed by atoms with Gasteiger partial charge in [0.05, 0.1) is 10.9 Å². The molecule has 8 heteroatoms. The Balaban J connectivity index is 2.24. The number of para-hydroxylation sites is 1. The molecule has 1 heterocycles. The maximum atomic E-state index is 14.1. The van der Waals surface area contributed by atoms with E-state index >= 15 is 0 Å². The molecule has 0 spiro atoms. The quantitative estimate of drug-likeness (QED) is 0.358. The van der Waals surface area contributed by atoms with Gasteiger partial charge in [0.2, 0.25) is 11.2 Å². The predicted octanol–water partition coefficient (Wildman–Crippen LogP) is 7.06. The van der Waals surface area contributed by atoms with Gasteiger partial charge < -0.3 is 14.3 Å². The van der Waals surface area contributed by atoms with Gasteiger partial charge in [0.15, 0.2) is 0 Å². The lowest BCUT2D eigenvalue weighted by Gasteiger charge is -2.22. The highest BCUT2D eigenvalue weighted by molar-refractivity contribution is 5.83. The number of aromatic hydroxyl groups is 1. The molecule has 5 nitrogen and oxygen atoms in total. The van der Waals surface area contributed by atoms with Crippen molar-refractivity contribution in [1.82, 2.24) is 4.90 Å². The first-order chi connectivity index (χ1) is 16.1. The summed E-state index contributed by atoms with van der Waals surface area (Å²) in [6, 6.07) is 9.22. The zero-order valence-corrected chi connectivity index (χ0v) is 19.8. The number of alkyl halides is 3. The average molecular weight is 478 g/mol. The Morgan fingerprint density at radius 1 is 1.06 bits per heavy atom. The Hall–Kier alpha value is -3.00. The molecule has 1 N–H and O–H groups in total. The molecule has 0 unspecified atom stereocenters. The van der Waals surface area contributed by atoms with Crippen LogP contribution >= 0.6 is 0 Å². The summed E-state index contributed by atoms with van der Waals surface area (Å²) in [7, 11) is 0. The van der Waals surface area contributed by atoms with Crippen LogP contribution in [-0.4, -0.2) is 23.1 Å². The van der Waals surface area contributed by atoms with Crippen LogP contribution in [0.5, 0.6) is 17.2 Å². The molecule has 0 aliphatic carbocycles. The maximum Gasteiger partial charge on any atom is 0.453 e. The van der Waals surface area contributed by atoms with Crippen LogP contribution in [0.15, 0.2) is 45.6 Å². The second kappa shape index (κ2) is 10.5. The number of rotatable bonds is 9. The first-order valence-corrected chi connectivity index (χ1v) is 11.5. The molecule has 0 bridgehead atoms. The van der Waals surface area contributed by atoms with E-state index in [1.54, 1.807) is 18.2 Å². The molecule has 1 aromatic heterocycles. The fourth-order valence-corrected chi connectivity index (χ4v) is 4.01. The average Bonchev–Trinajstić information content (AvgIpc) is 2.77. The van der Waals surface area contributed by atoms with E-state index in [0.29, 0.717) is 18.7 Å². The van der Waals surface area contributed by atoms with Gasteiger partial charge >= 0.3 is 6.18 Å². The van der Waals surface area contributed by atoms with Crippen LogP contribution in [-0.2, 0) is 12.7 Å². The lowest BCUT2D eigenvalue weighted by molar-refractivity contribution is -0.154. The summed E-state index contributed by atoms with van der Waals surface area (Å²) in [4.78, 5) is 15.3. The summed E-state index contributed by atoms with van der Waals surface area (Å²) >= 11 is 0. The van der Waals surface area contributed by atoms with Crippen molar-refractivity contribution >= 4 is 11.0 Å². The molecule has 0 radical (unpaired) electrons. The van der Waals surface area contributed by atoms with Gasteiger partial charge in [-0.1, -0.05) is 45.9 Å². The van der Waals surface area contributed by atoms with Gasteiger partial charge in [0.25, 0.3) is 5.76 Å². The lowest BCUT2D eigenvalue weighted by atomic mass is 10.0. The standard InChI is InChI=1S/C26H30F3NO4/c1-5-13-30(14-6-2)15-19-20(31)12-11-18-22(32)24(25(26(27,28)29)34-23(18)19)33-21-10-8-7-9-17(21)16(3)4/h7-12,16,31H,5-6,13-15H2,1-4H3. The molecule has 0 fully saturated rings. The van der Waals surface area contributed by atoms with Gasteiger partial charge in [-0.05, 0) is 55.6 Å². The van der Waals surface area contributed by atoms with Gasteiger partial charge in [0, 0.05) is 6.54 Å². The van der Waals surface area contributed by atoms with E-state index < -0.39 is 23.1 Å². The molecule has 0 saturated heterocycles. The second-order valence-electron chi connectivity index (χ2n) is 8.60. The van der Waals surface area contributed by atoms with Crippen molar-refractivity contribution in [1.29, 1.82) is 0 Å². The molecule has 3 aromatic rings. The van der Waals surface area contributed by atoms with Crippen molar-refractivity contribution in [2.45, 2.75) is 59.2 Å². The Morgan fingerprint density at radius 2 is 1.71 bits per heavy atom. The summed E-state index contributed by atoms with van der Waals surface area (Å²) in [6.45, 7) is 9.27. The third-order valence-corrected chi connectivity index (χ3v) is 5.57. The minimum Gasteiger partial charge on any atom is -0.507 e. The van der Waals surface area contributed by atoms with Crippen LogP contribution in [0.1, 0.15) is 63.3 Å². The first-order valence-electron chi connectivity index (χ1n) is 11.5. The number of halogens is 3. The Bertz CT molecular complexity index is 1200. The number of ether oxygens (including phenoxy) is 1. The molecule has 3 rings (SSSR count). The fourth-order valence-electron chi connectivity index (χ4n) is 4.01. The van der Waals surface area contributed by atoms with Crippen molar-refractivity contribution in [2.24, 2.45) is 0 Å². The van der Waals surface area contributed by atoms with Crippen LogP contribution in [0.4, 0.5) is 13.2 Å². The van der Waals surface area contributed by atoms with E-state index in [0.717, 1.165) is 12.8 Å². The van der Waals surface area contributed by atoms with Gasteiger partial charge in [-0.15, -0.1) is 0 Å². The van der Waals surface area contributed by atoms with Gasteiger partial charge in [-0.3, -0.25) is 9.69 Å². The summed E-state index contributed by atoms with van der Waals surface area (Å²) < 4.78 is 53.1. The zero-order valence-electron chi connectivity index (χ0n) is 19.8. The molecule has 2 aromatic carbocycles. The Labute approximate surface area is 196 Å². The number of hydrogen-bond donors (Lipinski definition) is 1. The van der Waals surface area contributed by atoms with E-state index in [2.05, 4.69) is 0 Å². The van der Waals surface area contributed by atoms with E-state index in [4.69, 9.17) is 9.15 Å². The SMILES string of the molecule is CCCN(CCC)Cc1c(O)ccc2c(=O)c(Oc3ccccc3C(C)C)c(C(F)(F)F)oc12. The molecule has 0 aliphatic heterocycles. The lowest BCUT2D eigenvalue weighted by Crippen LogP contribution is -2.25. The molecule has 0 aliphatic rings. The topological polar surface area (TPSA) is 62.9 Å². The highest BCUT2D eigenvalue weighted by Crippen LogP contribution is 2.41. The van der Waals surface area contributed by atoms with Crippen LogP contribution in [0.25, 0.3) is 11.0 Å². The van der Waals surface area contributed by atoms with Gasteiger partial charge in [-0.2, -0.15) is 13.2 Å². The van der Waals surface area contributed by atoms with Crippen LogP contribution in [0, 0.1) is 0 Å². The van der Waals surface area contributed by atoms with E-state index in [1.807, 2.05) is 32.6 Å². The molecular weight excluding hydrogens is 447 g/mol. The predicted molar refractivity (Wildman–Crippen MR) is 126 cm³/mol.